The predicted octanol–water partition coefficient (Wildman–Crippen LogP) is 4.55. The number of rotatable bonds is 4. The van der Waals surface area contributed by atoms with E-state index < -0.39 is 0 Å². The van der Waals surface area contributed by atoms with Crippen molar-refractivity contribution in [2.45, 2.75) is 27.2 Å². The second-order valence-electron chi connectivity index (χ2n) is 7.91. The number of aryl methyl sites for hydroxylation is 1. The molecule has 0 aliphatic carbocycles. The summed E-state index contributed by atoms with van der Waals surface area (Å²) in [6, 6.07) is 8.36. The predicted molar refractivity (Wildman–Crippen MR) is 113 cm³/mol. The van der Waals surface area contributed by atoms with Crippen molar-refractivity contribution in [1.82, 2.24) is 14.9 Å². The van der Waals surface area contributed by atoms with Crippen LogP contribution in [-0.2, 0) is 4.79 Å². The van der Waals surface area contributed by atoms with Crippen molar-refractivity contribution in [3.63, 3.8) is 0 Å². The van der Waals surface area contributed by atoms with Crippen LogP contribution in [0.1, 0.15) is 25.8 Å². The third kappa shape index (κ3) is 3.87. The Morgan fingerprint density at radius 3 is 2.61 bits per heavy atom. The third-order valence-corrected chi connectivity index (χ3v) is 6.14. The van der Waals surface area contributed by atoms with Gasteiger partial charge in [-0.2, -0.15) is 0 Å². The fraction of sp³-hybridized carbons (Fsp3) is 0.409. The molecule has 1 amide bonds. The Bertz CT molecular complexity index is 973. The zero-order valence-corrected chi connectivity index (χ0v) is 17.3. The van der Waals surface area contributed by atoms with E-state index in [9.17, 15) is 4.79 Å². The molecule has 1 aromatic carbocycles. The first-order valence-corrected chi connectivity index (χ1v) is 10.6. The Kier molecular flexibility index (Phi) is 5.31. The van der Waals surface area contributed by atoms with Gasteiger partial charge in [0.1, 0.15) is 11.2 Å². The van der Waals surface area contributed by atoms with E-state index in [0.29, 0.717) is 17.7 Å². The van der Waals surface area contributed by atoms with E-state index >= 15 is 0 Å². The molecule has 0 saturated carbocycles. The molecule has 0 spiro atoms. The number of amides is 1. The van der Waals surface area contributed by atoms with Crippen molar-refractivity contribution in [3.05, 3.63) is 41.5 Å². The highest BCUT2D eigenvalue weighted by Gasteiger charge is 2.26. The molecule has 28 heavy (non-hydrogen) atoms. The fourth-order valence-corrected chi connectivity index (χ4v) is 4.90. The number of aromatic nitrogens is 2. The molecule has 2 aromatic heterocycles. The maximum Gasteiger partial charge on any atom is 0.260 e. The molecule has 1 saturated heterocycles. The van der Waals surface area contributed by atoms with Gasteiger partial charge in [-0.05, 0) is 30.7 Å². The minimum Gasteiger partial charge on any atom is -0.467 e. The van der Waals surface area contributed by atoms with Gasteiger partial charge in [-0.3, -0.25) is 4.79 Å². The van der Waals surface area contributed by atoms with E-state index in [2.05, 4.69) is 60.4 Å². The molecule has 1 fully saturated rings. The molecule has 2 atom stereocenters. The van der Waals surface area contributed by atoms with Gasteiger partial charge in [0.05, 0.1) is 5.39 Å². The van der Waals surface area contributed by atoms with Crippen LogP contribution < -0.4 is 4.74 Å². The molecular formula is C22H25N3O2S. The van der Waals surface area contributed by atoms with Gasteiger partial charge in [0.2, 0.25) is 5.88 Å². The fourth-order valence-electron chi connectivity index (χ4n) is 3.99. The quantitative estimate of drug-likeness (QED) is 0.650. The SMILES string of the molecule is Cc1ccc(-c2csc3ncnc(OCC(=O)N4CC(C)CC(C)C4)c23)cc1. The first-order chi connectivity index (χ1) is 13.5. The van der Waals surface area contributed by atoms with E-state index in [0.717, 1.165) is 34.4 Å². The van der Waals surface area contributed by atoms with Crippen LogP contribution in [0, 0.1) is 18.8 Å². The molecule has 6 heteroatoms. The van der Waals surface area contributed by atoms with Gasteiger partial charge in [0, 0.05) is 24.0 Å². The molecule has 3 aromatic rings. The normalized spacial score (nSPS) is 19.8. The summed E-state index contributed by atoms with van der Waals surface area (Å²) in [5.74, 6) is 1.57. The number of carbonyl (C=O) groups excluding carboxylic acids is 1. The standard InChI is InChI=1S/C22H25N3O2S/c1-14-4-6-17(7-5-14)18-12-28-22-20(18)21(23-13-24-22)27-11-19(26)25-9-15(2)8-16(3)10-25/h4-7,12-13,15-16H,8-11H2,1-3H3. The van der Waals surface area contributed by atoms with Gasteiger partial charge < -0.3 is 9.64 Å². The Morgan fingerprint density at radius 2 is 1.89 bits per heavy atom. The number of carbonyl (C=O) groups is 1. The maximum absolute atomic E-state index is 12.7. The van der Waals surface area contributed by atoms with Gasteiger partial charge in [0.15, 0.2) is 6.61 Å². The zero-order valence-electron chi connectivity index (χ0n) is 16.5. The van der Waals surface area contributed by atoms with Crippen LogP contribution in [0.3, 0.4) is 0 Å². The van der Waals surface area contributed by atoms with E-state index in [-0.39, 0.29) is 12.5 Å². The summed E-state index contributed by atoms with van der Waals surface area (Å²) < 4.78 is 5.91. The Labute approximate surface area is 169 Å². The van der Waals surface area contributed by atoms with Gasteiger partial charge in [-0.15, -0.1) is 11.3 Å². The van der Waals surface area contributed by atoms with Crippen molar-refractivity contribution in [2.75, 3.05) is 19.7 Å². The number of piperidine rings is 1. The molecule has 146 valence electrons. The van der Waals surface area contributed by atoms with Gasteiger partial charge >= 0.3 is 0 Å². The zero-order chi connectivity index (χ0) is 19.7. The van der Waals surface area contributed by atoms with Crippen molar-refractivity contribution < 1.29 is 9.53 Å². The lowest BCUT2D eigenvalue weighted by molar-refractivity contribution is -0.136. The highest BCUT2D eigenvalue weighted by Crippen LogP contribution is 2.37. The molecule has 0 radical (unpaired) electrons. The third-order valence-electron chi connectivity index (χ3n) is 5.25. The van der Waals surface area contributed by atoms with Gasteiger partial charge in [0.25, 0.3) is 5.91 Å². The number of fused-ring (bicyclic) bond motifs is 1. The summed E-state index contributed by atoms with van der Waals surface area (Å²) >= 11 is 1.56. The van der Waals surface area contributed by atoms with E-state index in [1.165, 1.54) is 18.3 Å². The van der Waals surface area contributed by atoms with Crippen LogP contribution in [0.15, 0.2) is 36.0 Å². The van der Waals surface area contributed by atoms with E-state index in [1.54, 1.807) is 11.3 Å². The summed E-state index contributed by atoms with van der Waals surface area (Å²) in [6.07, 6.45) is 2.68. The van der Waals surface area contributed by atoms with Crippen LogP contribution in [0.4, 0.5) is 0 Å². The van der Waals surface area contributed by atoms with Crippen LogP contribution in [-0.4, -0.2) is 40.5 Å². The van der Waals surface area contributed by atoms with Crippen LogP contribution in [0.25, 0.3) is 21.3 Å². The Hall–Kier alpha value is -2.47. The largest absolute Gasteiger partial charge is 0.467 e. The molecule has 2 unspecified atom stereocenters. The number of thiophene rings is 1. The summed E-state index contributed by atoms with van der Waals surface area (Å²) in [5.41, 5.74) is 3.36. The van der Waals surface area contributed by atoms with Gasteiger partial charge in [-0.25, -0.2) is 9.97 Å². The topological polar surface area (TPSA) is 55.3 Å². The Morgan fingerprint density at radius 1 is 1.18 bits per heavy atom. The lowest BCUT2D eigenvalue weighted by atomic mass is 9.92. The average Bonchev–Trinajstić information content (AvgIpc) is 3.10. The molecular weight excluding hydrogens is 370 g/mol. The molecule has 3 heterocycles. The average molecular weight is 396 g/mol. The lowest BCUT2D eigenvalue weighted by Crippen LogP contribution is -2.44. The van der Waals surface area contributed by atoms with E-state index in [1.807, 2.05) is 4.90 Å². The van der Waals surface area contributed by atoms with Crippen molar-refractivity contribution in [3.8, 4) is 17.0 Å². The first kappa shape index (κ1) is 18.9. The number of nitrogens with zero attached hydrogens (tertiary/aromatic N) is 3. The minimum atomic E-state index is 0.00867. The molecule has 0 bridgehead atoms. The molecule has 0 N–H and O–H groups in total. The van der Waals surface area contributed by atoms with Gasteiger partial charge in [-0.1, -0.05) is 43.7 Å². The number of hydrogen-bond donors (Lipinski definition) is 0. The highest BCUT2D eigenvalue weighted by atomic mass is 32.1. The summed E-state index contributed by atoms with van der Waals surface area (Å²) in [6.45, 7) is 8.08. The second kappa shape index (κ2) is 7.87. The minimum absolute atomic E-state index is 0.00867. The molecule has 1 aliphatic heterocycles. The Balaban J connectivity index is 1.56. The highest BCUT2D eigenvalue weighted by molar-refractivity contribution is 7.17. The number of hydrogen-bond acceptors (Lipinski definition) is 5. The maximum atomic E-state index is 12.7. The van der Waals surface area contributed by atoms with E-state index in [4.69, 9.17) is 4.74 Å². The van der Waals surface area contributed by atoms with Crippen molar-refractivity contribution in [1.29, 1.82) is 0 Å². The van der Waals surface area contributed by atoms with Crippen LogP contribution in [0.2, 0.25) is 0 Å². The summed E-state index contributed by atoms with van der Waals surface area (Å²) in [4.78, 5) is 24.2. The van der Waals surface area contributed by atoms with Crippen molar-refractivity contribution >= 4 is 27.5 Å². The molecule has 4 rings (SSSR count). The van der Waals surface area contributed by atoms with Crippen LogP contribution in [0.5, 0.6) is 5.88 Å². The van der Waals surface area contributed by atoms with Crippen molar-refractivity contribution in [2.24, 2.45) is 11.8 Å². The monoisotopic (exact) mass is 395 g/mol. The lowest BCUT2D eigenvalue weighted by Gasteiger charge is -2.34. The molecule has 5 nitrogen and oxygen atoms in total. The summed E-state index contributed by atoms with van der Waals surface area (Å²) in [7, 11) is 0. The second-order valence-corrected chi connectivity index (χ2v) is 8.77. The number of ether oxygens (including phenoxy) is 1. The van der Waals surface area contributed by atoms with Crippen LogP contribution >= 0.6 is 11.3 Å². The number of likely N-dealkylation sites (tertiary alicyclic amines) is 1. The number of benzene rings is 1. The first-order valence-electron chi connectivity index (χ1n) is 9.71. The smallest absolute Gasteiger partial charge is 0.260 e. The molecule has 1 aliphatic rings. The summed E-state index contributed by atoms with van der Waals surface area (Å²) in [5, 5.41) is 2.96.